The van der Waals surface area contributed by atoms with Gasteiger partial charge in [-0.05, 0) is 24.6 Å². The average molecular weight is 262 g/mol. The van der Waals surface area contributed by atoms with Crippen molar-refractivity contribution in [1.82, 2.24) is 5.32 Å². The van der Waals surface area contributed by atoms with Gasteiger partial charge in [-0.15, -0.1) is 0 Å². The zero-order chi connectivity index (χ0) is 13.8. The van der Waals surface area contributed by atoms with Gasteiger partial charge in [0, 0.05) is 18.2 Å². The van der Waals surface area contributed by atoms with Crippen molar-refractivity contribution < 1.29 is 9.53 Å². The lowest BCUT2D eigenvalue weighted by molar-refractivity contribution is 0.0935. The molecule has 1 aromatic rings. The largest absolute Gasteiger partial charge is 0.490 e. The molecule has 1 aromatic carbocycles. The van der Waals surface area contributed by atoms with Crippen molar-refractivity contribution in [3.8, 4) is 5.75 Å². The van der Waals surface area contributed by atoms with Crippen LogP contribution in [0.15, 0.2) is 18.2 Å². The van der Waals surface area contributed by atoms with E-state index in [2.05, 4.69) is 24.5 Å². The lowest BCUT2D eigenvalue weighted by atomic mass is 10.0. The van der Waals surface area contributed by atoms with E-state index >= 15 is 0 Å². The number of anilines is 1. The summed E-state index contributed by atoms with van der Waals surface area (Å²) in [5, 5.41) is 6.56. The molecule has 1 heterocycles. The number of carbonyl (C=O) groups is 1. The lowest BCUT2D eigenvalue weighted by Gasteiger charge is -2.22. The first-order chi connectivity index (χ1) is 9.11. The third kappa shape index (κ3) is 3.26. The van der Waals surface area contributed by atoms with Crippen LogP contribution in [-0.2, 0) is 0 Å². The number of fused-ring (bicyclic) bond motifs is 1. The molecule has 4 nitrogen and oxygen atoms in total. The molecule has 4 heteroatoms. The highest BCUT2D eigenvalue weighted by molar-refractivity contribution is 6.01. The van der Waals surface area contributed by atoms with Crippen LogP contribution in [0.5, 0.6) is 5.75 Å². The quantitative estimate of drug-likeness (QED) is 0.800. The van der Waals surface area contributed by atoms with Crippen LogP contribution in [0, 0.1) is 0 Å². The van der Waals surface area contributed by atoms with Crippen LogP contribution in [0.1, 0.15) is 37.6 Å². The molecule has 0 aliphatic carbocycles. The SMILES string of the molecule is CCC(NC(C)C)C(=O)c1ccc2c(c1)NCCO2. The topological polar surface area (TPSA) is 50.4 Å². The summed E-state index contributed by atoms with van der Waals surface area (Å²) in [6.07, 6.45) is 0.790. The number of rotatable bonds is 5. The van der Waals surface area contributed by atoms with E-state index in [0.717, 1.165) is 30.0 Å². The minimum Gasteiger partial charge on any atom is -0.490 e. The molecular weight excluding hydrogens is 240 g/mol. The van der Waals surface area contributed by atoms with Crippen molar-refractivity contribution in [2.45, 2.75) is 39.3 Å². The molecule has 19 heavy (non-hydrogen) atoms. The van der Waals surface area contributed by atoms with E-state index in [1.165, 1.54) is 0 Å². The summed E-state index contributed by atoms with van der Waals surface area (Å²) in [5.41, 5.74) is 1.65. The Morgan fingerprint density at radius 3 is 2.95 bits per heavy atom. The van der Waals surface area contributed by atoms with Crippen LogP contribution < -0.4 is 15.4 Å². The smallest absolute Gasteiger partial charge is 0.179 e. The summed E-state index contributed by atoms with van der Waals surface area (Å²) in [7, 11) is 0. The van der Waals surface area contributed by atoms with Gasteiger partial charge < -0.3 is 15.4 Å². The number of Topliss-reactive ketones (excluding diaryl/α,β-unsaturated/α-hetero) is 1. The summed E-state index contributed by atoms with van der Waals surface area (Å²) < 4.78 is 5.52. The van der Waals surface area contributed by atoms with Crippen molar-refractivity contribution >= 4 is 11.5 Å². The standard InChI is InChI=1S/C15H22N2O2/c1-4-12(17-10(2)3)15(18)11-5-6-14-13(9-11)16-7-8-19-14/h5-6,9-10,12,16-17H,4,7-8H2,1-3H3. The van der Waals surface area contributed by atoms with Gasteiger partial charge in [-0.1, -0.05) is 20.8 Å². The van der Waals surface area contributed by atoms with E-state index in [-0.39, 0.29) is 11.8 Å². The van der Waals surface area contributed by atoms with Gasteiger partial charge in [0.05, 0.1) is 11.7 Å². The van der Waals surface area contributed by atoms with Gasteiger partial charge in [0.25, 0.3) is 0 Å². The third-order valence-corrected chi connectivity index (χ3v) is 3.20. The van der Waals surface area contributed by atoms with Gasteiger partial charge in [0.1, 0.15) is 12.4 Å². The molecule has 2 rings (SSSR count). The summed E-state index contributed by atoms with van der Waals surface area (Å²) in [6.45, 7) is 7.59. The molecule has 1 atom stereocenters. The molecule has 0 fully saturated rings. The molecule has 1 unspecified atom stereocenters. The molecule has 0 amide bonds. The van der Waals surface area contributed by atoms with E-state index < -0.39 is 0 Å². The molecule has 2 N–H and O–H groups in total. The van der Waals surface area contributed by atoms with Crippen LogP contribution >= 0.6 is 0 Å². The second-order valence-corrected chi connectivity index (χ2v) is 5.13. The molecule has 1 aliphatic heterocycles. The average Bonchev–Trinajstić information content (AvgIpc) is 2.43. The molecule has 0 aromatic heterocycles. The van der Waals surface area contributed by atoms with Crippen molar-refractivity contribution in [3.05, 3.63) is 23.8 Å². The van der Waals surface area contributed by atoms with E-state index in [0.29, 0.717) is 12.6 Å². The number of hydrogen-bond acceptors (Lipinski definition) is 4. The van der Waals surface area contributed by atoms with Crippen LogP contribution in [0.2, 0.25) is 0 Å². The monoisotopic (exact) mass is 262 g/mol. The Kier molecular flexibility index (Phi) is 4.43. The van der Waals surface area contributed by atoms with Gasteiger partial charge in [0.15, 0.2) is 5.78 Å². The second kappa shape index (κ2) is 6.06. The third-order valence-electron chi connectivity index (χ3n) is 3.20. The number of benzene rings is 1. The highest BCUT2D eigenvalue weighted by atomic mass is 16.5. The highest BCUT2D eigenvalue weighted by Crippen LogP contribution is 2.28. The fourth-order valence-corrected chi connectivity index (χ4v) is 2.28. The van der Waals surface area contributed by atoms with Gasteiger partial charge in [-0.2, -0.15) is 0 Å². The maximum Gasteiger partial charge on any atom is 0.179 e. The van der Waals surface area contributed by atoms with Crippen molar-refractivity contribution in [2.24, 2.45) is 0 Å². The first-order valence-corrected chi connectivity index (χ1v) is 6.92. The molecule has 0 bridgehead atoms. The predicted molar refractivity (Wildman–Crippen MR) is 77.1 cm³/mol. The maximum absolute atomic E-state index is 12.5. The van der Waals surface area contributed by atoms with E-state index in [1.807, 2.05) is 25.1 Å². The first kappa shape index (κ1) is 13.9. The van der Waals surface area contributed by atoms with Gasteiger partial charge in [-0.3, -0.25) is 4.79 Å². The zero-order valence-corrected chi connectivity index (χ0v) is 11.8. The summed E-state index contributed by atoms with van der Waals surface area (Å²) in [4.78, 5) is 12.5. The fourth-order valence-electron chi connectivity index (χ4n) is 2.28. The normalized spacial score (nSPS) is 15.4. The molecule has 0 saturated heterocycles. The Morgan fingerprint density at radius 2 is 2.26 bits per heavy atom. The molecular formula is C15H22N2O2. The zero-order valence-electron chi connectivity index (χ0n) is 11.8. The number of ketones is 1. The number of hydrogen-bond donors (Lipinski definition) is 2. The molecule has 0 saturated carbocycles. The molecule has 1 aliphatic rings. The van der Waals surface area contributed by atoms with Crippen molar-refractivity contribution in [1.29, 1.82) is 0 Å². The number of nitrogens with one attached hydrogen (secondary N) is 2. The van der Waals surface area contributed by atoms with E-state index in [4.69, 9.17) is 4.74 Å². The molecule has 0 radical (unpaired) electrons. The summed E-state index contributed by atoms with van der Waals surface area (Å²) in [5.74, 6) is 0.971. The van der Waals surface area contributed by atoms with Crippen molar-refractivity contribution in [3.63, 3.8) is 0 Å². The first-order valence-electron chi connectivity index (χ1n) is 6.92. The van der Waals surface area contributed by atoms with E-state index in [9.17, 15) is 4.79 Å². The summed E-state index contributed by atoms with van der Waals surface area (Å²) in [6, 6.07) is 5.78. The molecule has 104 valence electrons. The highest BCUT2D eigenvalue weighted by Gasteiger charge is 2.20. The van der Waals surface area contributed by atoms with Gasteiger partial charge in [0.2, 0.25) is 0 Å². The Labute approximate surface area is 114 Å². The predicted octanol–water partition coefficient (Wildman–Crippen LogP) is 2.45. The van der Waals surface area contributed by atoms with Crippen LogP contribution in [0.4, 0.5) is 5.69 Å². The van der Waals surface area contributed by atoms with Crippen LogP contribution in [0.3, 0.4) is 0 Å². The second-order valence-electron chi connectivity index (χ2n) is 5.13. The Bertz CT molecular complexity index is 457. The molecule has 0 spiro atoms. The van der Waals surface area contributed by atoms with Crippen LogP contribution in [-0.4, -0.2) is 31.0 Å². The fraction of sp³-hybridized carbons (Fsp3) is 0.533. The van der Waals surface area contributed by atoms with Gasteiger partial charge >= 0.3 is 0 Å². The Hall–Kier alpha value is -1.55. The van der Waals surface area contributed by atoms with Crippen molar-refractivity contribution in [2.75, 3.05) is 18.5 Å². The minimum atomic E-state index is -0.123. The maximum atomic E-state index is 12.5. The van der Waals surface area contributed by atoms with Gasteiger partial charge in [-0.25, -0.2) is 0 Å². The van der Waals surface area contributed by atoms with Crippen LogP contribution in [0.25, 0.3) is 0 Å². The Balaban J connectivity index is 2.18. The van der Waals surface area contributed by atoms with E-state index in [1.54, 1.807) is 0 Å². The summed E-state index contributed by atoms with van der Waals surface area (Å²) >= 11 is 0. The Morgan fingerprint density at radius 1 is 1.47 bits per heavy atom. The minimum absolute atomic E-state index is 0.123. The number of carbonyl (C=O) groups excluding carboxylic acids is 1. The number of ether oxygens (including phenoxy) is 1. The lowest BCUT2D eigenvalue weighted by Crippen LogP contribution is -2.40.